The predicted octanol–water partition coefficient (Wildman–Crippen LogP) is 3.38. The van der Waals surface area contributed by atoms with E-state index in [9.17, 15) is 4.39 Å². The Labute approximate surface area is 103 Å². The van der Waals surface area contributed by atoms with E-state index in [2.05, 4.69) is 9.97 Å². The van der Waals surface area contributed by atoms with Gasteiger partial charge < -0.3 is 9.72 Å². The molecule has 1 aromatic heterocycles. The molecule has 1 heterocycles. The van der Waals surface area contributed by atoms with Crippen LogP contribution in [0.3, 0.4) is 0 Å². The highest BCUT2D eigenvalue weighted by Crippen LogP contribution is 2.28. The number of halogens is 1. The van der Waals surface area contributed by atoms with E-state index in [1.807, 2.05) is 24.3 Å². The number of nitrogens with zero attached hydrogens (tertiary/aromatic N) is 1. The number of hydrogen-bond donors (Lipinski definition) is 1. The van der Waals surface area contributed by atoms with Gasteiger partial charge in [-0.1, -0.05) is 12.1 Å². The van der Waals surface area contributed by atoms with Gasteiger partial charge in [-0.3, -0.25) is 0 Å². The molecule has 90 valence electrons. The second-order valence-corrected chi connectivity index (χ2v) is 3.95. The van der Waals surface area contributed by atoms with Crippen molar-refractivity contribution < 1.29 is 9.13 Å². The van der Waals surface area contributed by atoms with E-state index in [-0.39, 0.29) is 5.82 Å². The number of aromatic amines is 1. The van der Waals surface area contributed by atoms with Gasteiger partial charge in [-0.25, -0.2) is 9.37 Å². The minimum atomic E-state index is -0.280. The third-order valence-electron chi connectivity index (χ3n) is 2.81. The molecule has 0 saturated carbocycles. The van der Waals surface area contributed by atoms with Crippen molar-refractivity contribution in [3.63, 3.8) is 0 Å². The molecule has 4 heteroatoms. The predicted molar refractivity (Wildman–Crippen MR) is 68.0 cm³/mol. The number of nitrogens with one attached hydrogen (secondary N) is 1. The van der Waals surface area contributed by atoms with E-state index in [4.69, 9.17) is 4.74 Å². The molecule has 3 rings (SSSR count). The number of imidazole rings is 1. The number of para-hydroxylation sites is 1. The van der Waals surface area contributed by atoms with Crippen LogP contribution in [-0.4, -0.2) is 17.1 Å². The lowest BCUT2D eigenvalue weighted by Gasteiger charge is -2.04. The zero-order valence-electron chi connectivity index (χ0n) is 9.77. The van der Waals surface area contributed by atoms with Gasteiger partial charge in [0, 0.05) is 0 Å². The zero-order valence-corrected chi connectivity index (χ0v) is 9.77. The van der Waals surface area contributed by atoms with E-state index in [0.29, 0.717) is 11.3 Å². The molecule has 0 spiro atoms. The third-order valence-corrected chi connectivity index (χ3v) is 2.81. The Morgan fingerprint density at radius 3 is 2.83 bits per heavy atom. The topological polar surface area (TPSA) is 37.9 Å². The molecule has 0 bridgehead atoms. The van der Waals surface area contributed by atoms with Crippen LogP contribution in [0.15, 0.2) is 42.5 Å². The highest BCUT2D eigenvalue weighted by atomic mass is 19.1. The lowest BCUT2D eigenvalue weighted by molar-refractivity contribution is 0.416. The fourth-order valence-corrected chi connectivity index (χ4v) is 1.95. The molecule has 3 nitrogen and oxygen atoms in total. The van der Waals surface area contributed by atoms with Crippen LogP contribution in [0.5, 0.6) is 5.75 Å². The summed E-state index contributed by atoms with van der Waals surface area (Å²) in [5.74, 6) is 1.13. The molecule has 0 aliphatic rings. The van der Waals surface area contributed by atoms with Gasteiger partial charge in [0.05, 0.1) is 23.7 Å². The molecule has 0 atom stereocenters. The summed E-state index contributed by atoms with van der Waals surface area (Å²) >= 11 is 0. The van der Waals surface area contributed by atoms with Crippen LogP contribution in [0.1, 0.15) is 0 Å². The number of H-pyrrole nitrogens is 1. The highest BCUT2D eigenvalue weighted by molar-refractivity contribution is 5.80. The number of aromatic nitrogens is 2. The lowest BCUT2D eigenvalue weighted by Crippen LogP contribution is -1.88. The Balaban J connectivity index is 2.19. The largest absolute Gasteiger partial charge is 0.496 e. The Kier molecular flexibility index (Phi) is 2.48. The van der Waals surface area contributed by atoms with Crippen LogP contribution in [-0.2, 0) is 0 Å². The van der Waals surface area contributed by atoms with Gasteiger partial charge in [0.25, 0.3) is 0 Å². The van der Waals surface area contributed by atoms with E-state index in [0.717, 1.165) is 16.8 Å². The van der Waals surface area contributed by atoms with Crippen molar-refractivity contribution in [3.8, 4) is 17.1 Å². The van der Waals surface area contributed by atoms with Gasteiger partial charge in [0.15, 0.2) is 0 Å². The molecule has 0 fully saturated rings. The maximum atomic E-state index is 13.1. The van der Waals surface area contributed by atoms with E-state index in [1.165, 1.54) is 12.1 Å². The molecule has 0 radical (unpaired) electrons. The van der Waals surface area contributed by atoms with Crippen LogP contribution < -0.4 is 4.74 Å². The highest BCUT2D eigenvalue weighted by Gasteiger charge is 2.10. The summed E-state index contributed by atoms with van der Waals surface area (Å²) in [5, 5.41) is 0. The zero-order chi connectivity index (χ0) is 12.5. The lowest BCUT2D eigenvalue weighted by atomic mass is 10.2. The van der Waals surface area contributed by atoms with E-state index < -0.39 is 0 Å². The maximum absolute atomic E-state index is 13.1. The molecule has 0 saturated heterocycles. The monoisotopic (exact) mass is 242 g/mol. The Hall–Kier alpha value is -2.36. The first kappa shape index (κ1) is 10.8. The van der Waals surface area contributed by atoms with Crippen molar-refractivity contribution in [2.75, 3.05) is 7.11 Å². The molecule has 1 N–H and O–H groups in total. The quantitative estimate of drug-likeness (QED) is 0.748. The van der Waals surface area contributed by atoms with Crippen LogP contribution in [0.25, 0.3) is 22.4 Å². The summed E-state index contributed by atoms with van der Waals surface area (Å²) in [6.45, 7) is 0. The SMILES string of the molecule is COc1ccccc1-c1nc2ccc(F)cc2[nH]1. The fourth-order valence-electron chi connectivity index (χ4n) is 1.95. The van der Waals surface area contributed by atoms with E-state index >= 15 is 0 Å². The summed E-state index contributed by atoms with van der Waals surface area (Å²) in [6, 6.07) is 12.1. The smallest absolute Gasteiger partial charge is 0.142 e. The van der Waals surface area contributed by atoms with Crippen molar-refractivity contribution in [2.24, 2.45) is 0 Å². The van der Waals surface area contributed by atoms with Crippen molar-refractivity contribution in [3.05, 3.63) is 48.3 Å². The average molecular weight is 242 g/mol. The summed E-state index contributed by atoms with van der Waals surface area (Å²) in [6.07, 6.45) is 0. The molecule has 18 heavy (non-hydrogen) atoms. The van der Waals surface area contributed by atoms with Gasteiger partial charge in [0.2, 0.25) is 0 Å². The number of benzene rings is 2. The number of methoxy groups -OCH3 is 1. The first-order valence-electron chi connectivity index (χ1n) is 5.56. The number of ether oxygens (including phenoxy) is 1. The van der Waals surface area contributed by atoms with Gasteiger partial charge >= 0.3 is 0 Å². The van der Waals surface area contributed by atoms with E-state index in [1.54, 1.807) is 13.2 Å². The summed E-state index contributed by atoms with van der Waals surface area (Å²) in [4.78, 5) is 7.53. The summed E-state index contributed by atoms with van der Waals surface area (Å²) < 4.78 is 18.4. The number of fused-ring (bicyclic) bond motifs is 1. The van der Waals surface area contributed by atoms with Crippen LogP contribution in [0.2, 0.25) is 0 Å². The molecule has 0 aliphatic heterocycles. The standard InChI is InChI=1S/C14H11FN2O/c1-18-13-5-3-2-4-10(13)14-16-11-7-6-9(15)8-12(11)17-14/h2-8H,1H3,(H,16,17). The Morgan fingerprint density at radius 2 is 2.00 bits per heavy atom. The second kappa shape index (κ2) is 4.14. The molecule has 3 aromatic rings. The number of rotatable bonds is 2. The van der Waals surface area contributed by atoms with Gasteiger partial charge in [-0.05, 0) is 30.3 Å². The average Bonchev–Trinajstić information content (AvgIpc) is 2.81. The third kappa shape index (κ3) is 1.72. The normalized spacial score (nSPS) is 10.8. The molecule has 0 unspecified atom stereocenters. The van der Waals surface area contributed by atoms with Gasteiger partial charge in [0.1, 0.15) is 17.4 Å². The van der Waals surface area contributed by atoms with Crippen molar-refractivity contribution in [1.29, 1.82) is 0 Å². The van der Waals surface area contributed by atoms with Crippen molar-refractivity contribution in [1.82, 2.24) is 9.97 Å². The van der Waals surface area contributed by atoms with Gasteiger partial charge in [-0.2, -0.15) is 0 Å². The fraction of sp³-hybridized carbons (Fsp3) is 0.0714. The first-order chi connectivity index (χ1) is 8.78. The second-order valence-electron chi connectivity index (χ2n) is 3.95. The summed E-state index contributed by atoms with van der Waals surface area (Å²) in [7, 11) is 1.61. The molecule has 2 aromatic carbocycles. The molecule has 0 amide bonds. The molecule has 0 aliphatic carbocycles. The van der Waals surface area contributed by atoms with Gasteiger partial charge in [-0.15, -0.1) is 0 Å². The van der Waals surface area contributed by atoms with Crippen LogP contribution in [0, 0.1) is 5.82 Å². The minimum Gasteiger partial charge on any atom is -0.496 e. The van der Waals surface area contributed by atoms with Crippen molar-refractivity contribution in [2.45, 2.75) is 0 Å². The van der Waals surface area contributed by atoms with Crippen molar-refractivity contribution >= 4 is 11.0 Å². The first-order valence-corrected chi connectivity index (χ1v) is 5.56. The number of hydrogen-bond acceptors (Lipinski definition) is 2. The molecular weight excluding hydrogens is 231 g/mol. The Morgan fingerprint density at radius 1 is 1.17 bits per heavy atom. The van der Waals surface area contributed by atoms with Crippen LogP contribution in [0.4, 0.5) is 4.39 Å². The Bertz CT molecular complexity index is 706. The minimum absolute atomic E-state index is 0.280. The molecular formula is C14H11FN2O. The maximum Gasteiger partial charge on any atom is 0.142 e. The summed E-state index contributed by atoms with van der Waals surface area (Å²) in [5.41, 5.74) is 2.27. The van der Waals surface area contributed by atoms with Crippen LogP contribution >= 0.6 is 0 Å².